The molecule has 1 atom stereocenters. The minimum atomic E-state index is -1.18. The predicted molar refractivity (Wildman–Crippen MR) is 102 cm³/mol. The molecule has 9 nitrogen and oxygen atoms in total. The number of carbonyl (C=O) groups excluding carboxylic acids is 5. The lowest BCUT2D eigenvalue weighted by Crippen LogP contribution is -2.44. The lowest BCUT2D eigenvalue weighted by Gasteiger charge is -2.20. The molecule has 4 amide bonds. The number of nitrogens with zero attached hydrogens (tertiary/aromatic N) is 1. The van der Waals surface area contributed by atoms with E-state index in [0.29, 0.717) is 24.1 Å². The number of hydrogen-bond donors (Lipinski definition) is 2. The summed E-state index contributed by atoms with van der Waals surface area (Å²) in [6.45, 7) is 2.19. The number of amides is 4. The Balaban J connectivity index is 1.58. The average molecular weight is 401 g/mol. The summed E-state index contributed by atoms with van der Waals surface area (Å²) in [5.41, 5.74) is -0.262. The largest absolute Gasteiger partial charge is 0.451 e. The first-order chi connectivity index (χ1) is 13.7. The summed E-state index contributed by atoms with van der Waals surface area (Å²) in [5.74, 6) is -2.14. The van der Waals surface area contributed by atoms with Crippen LogP contribution in [0.25, 0.3) is 0 Å². The van der Waals surface area contributed by atoms with Gasteiger partial charge in [0.1, 0.15) is 12.1 Å². The molecule has 1 aromatic carbocycles. The fourth-order valence-electron chi connectivity index (χ4n) is 3.69. The Morgan fingerprint density at radius 1 is 1.21 bits per heavy atom. The zero-order valence-electron chi connectivity index (χ0n) is 16.3. The molecule has 1 spiro atoms. The van der Waals surface area contributed by atoms with Gasteiger partial charge in [0.2, 0.25) is 0 Å². The van der Waals surface area contributed by atoms with E-state index >= 15 is 0 Å². The molecule has 29 heavy (non-hydrogen) atoms. The molecule has 1 aromatic rings. The molecule has 2 fully saturated rings. The summed E-state index contributed by atoms with van der Waals surface area (Å²) in [4.78, 5) is 61.7. The third kappa shape index (κ3) is 4.13. The van der Waals surface area contributed by atoms with Crippen molar-refractivity contribution in [1.82, 2.24) is 10.2 Å². The van der Waals surface area contributed by atoms with Gasteiger partial charge < -0.3 is 15.4 Å². The van der Waals surface area contributed by atoms with E-state index in [9.17, 15) is 24.0 Å². The van der Waals surface area contributed by atoms with E-state index < -0.39 is 42.0 Å². The van der Waals surface area contributed by atoms with Gasteiger partial charge in [0.15, 0.2) is 11.9 Å². The zero-order chi connectivity index (χ0) is 21.2. The normalized spacial score (nSPS) is 18.5. The topological polar surface area (TPSA) is 122 Å². The second-order valence-corrected chi connectivity index (χ2v) is 7.33. The maximum absolute atomic E-state index is 12.6. The lowest BCUT2D eigenvalue weighted by molar-refractivity contribution is -0.155. The van der Waals surface area contributed by atoms with Crippen LogP contribution in [0.15, 0.2) is 24.3 Å². The predicted octanol–water partition coefficient (Wildman–Crippen LogP) is 1.62. The van der Waals surface area contributed by atoms with Gasteiger partial charge in [-0.15, -0.1) is 0 Å². The van der Waals surface area contributed by atoms with E-state index in [0.717, 1.165) is 17.7 Å². The zero-order valence-corrected chi connectivity index (χ0v) is 16.3. The maximum Gasteiger partial charge on any atom is 0.327 e. The number of hydrogen-bond acceptors (Lipinski definition) is 6. The molecule has 1 aliphatic heterocycles. The van der Waals surface area contributed by atoms with E-state index in [1.54, 1.807) is 24.3 Å². The summed E-state index contributed by atoms with van der Waals surface area (Å²) in [6.07, 6.45) is 1.60. The van der Waals surface area contributed by atoms with E-state index in [1.165, 1.54) is 13.8 Å². The van der Waals surface area contributed by atoms with E-state index in [1.807, 2.05) is 0 Å². The van der Waals surface area contributed by atoms with E-state index in [4.69, 9.17) is 4.74 Å². The fraction of sp³-hybridized carbons (Fsp3) is 0.450. The molecule has 0 unspecified atom stereocenters. The fourth-order valence-corrected chi connectivity index (χ4v) is 3.69. The number of anilines is 1. The molecule has 2 aliphatic rings. The van der Waals surface area contributed by atoms with Gasteiger partial charge in [0, 0.05) is 5.56 Å². The smallest absolute Gasteiger partial charge is 0.327 e. The number of ketones is 1. The SMILES string of the molecule is CC(=O)c1ccccc1NC(=O)[C@H](C)OC(=O)CN1C(=O)NC2(CCCC2)C1=O. The number of urea groups is 1. The quantitative estimate of drug-likeness (QED) is 0.424. The van der Waals surface area contributed by atoms with Crippen LogP contribution in [0, 0.1) is 0 Å². The van der Waals surface area contributed by atoms with E-state index in [2.05, 4.69) is 10.6 Å². The van der Waals surface area contributed by atoms with Crippen LogP contribution in [0.3, 0.4) is 0 Å². The highest BCUT2D eigenvalue weighted by atomic mass is 16.5. The summed E-state index contributed by atoms with van der Waals surface area (Å²) in [6, 6.07) is 5.85. The number of benzene rings is 1. The van der Waals surface area contributed by atoms with Crippen molar-refractivity contribution < 1.29 is 28.7 Å². The summed E-state index contributed by atoms with van der Waals surface area (Å²) in [7, 11) is 0. The van der Waals surface area contributed by atoms with Crippen molar-refractivity contribution in [2.24, 2.45) is 0 Å². The maximum atomic E-state index is 12.6. The Kier molecular flexibility index (Phi) is 5.67. The standard InChI is InChI=1S/C20H23N3O6/c1-12(24)14-7-3-4-8-15(14)21-17(26)13(2)29-16(25)11-23-18(27)20(22-19(23)28)9-5-6-10-20/h3-4,7-8,13H,5-6,9-11H2,1-2H3,(H,21,26)(H,22,28)/t13-/m0/s1. The van der Waals surface area contributed by atoms with Gasteiger partial charge in [-0.2, -0.15) is 0 Å². The van der Waals surface area contributed by atoms with Crippen LogP contribution in [-0.2, 0) is 19.1 Å². The van der Waals surface area contributed by atoms with Crippen molar-refractivity contribution in [3.05, 3.63) is 29.8 Å². The monoisotopic (exact) mass is 401 g/mol. The highest BCUT2D eigenvalue weighted by Crippen LogP contribution is 2.34. The number of esters is 1. The van der Waals surface area contributed by atoms with Crippen LogP contribution in [0.4, 0.5) is 10.5 Å². The third-order valence-corrected chi connectivity index (χ3v) is 5.23. The van der Waals surface area contributed by atoms with Gasteiger partial charge in [-0.1, -0.05) is 25.0 Å². The van der Waals surface area contributed by atoms with E-state index in [-0.39, 0.29) is 5.78 Å². The Morgan fingerprint density at radius 2 is 1.86 bits per heavy atom. The first-order valence-electron chi connectivity index (χ1n) is 9.48. The molecular formula is C20H23N3O6. The number of carbonyl (C=O) groups is 5. The van der Waals surface area contributed by atoms with Crippen LogP contribution >= 0.6 is 0 Å². The van der Waals surface area contributed by atoms with Gasteiger partial charge in [0.25, 0.3) is 11.8 Å². The second kappa shape index (κ2) is 8.02. The minimum absolute atomic E-state index is 0.218. The van der Waals surface area contributed by atoms with Gasteiger partial charge in [0.05, 0.1) is 5.69 Å². The molecule has 1 saturated carbocycles. The molecule has 1 saturated heterocycles. The van der Waals surface area contributed by atoms with Crippen molar-refractivity contribution in [2.75, 3.05) is 11.9 Å². The molecule has 1 aliphatic carbocycles. The molecule has 0 bridgehead atoms. The van der Waals surface area contributed by atoms with Crippen molar-refractivity contribution >= 4 is 35.3 Å². The van der Waals surface area contributed by atoms with Crippen LogP contribution in [0.2, 0.25) is 0 Å². The van der Waals surface area contributed by atoms with Crippen LogP contribution in [0.1, 0.15) is 49.9 Å². The van der Waals surface area contributed by atoms with Crippen molar-refractivity contribution in [2.45, 2.75) is 51.2 Å². The Labute approximate surface area is 167 Å². The number of rotatable bonds is 6. The van der Waals surface area contributed by atoms with Crippen molar-refractivity contribution in [1.29, 1.82) is 0 Å². The molecular weight excluding hydrogens is 378 g/mol. The minimum Gasteiger partial charge on any atom is -0.451 e. The summed E-state index contributed by atoms with van der Waals surface area (Å²) < 4.78 is 5.08. The third-order valence-electron chi connectivity index (χ3n) is 5.23. The van der Waals surface area contributed by atoms with Crippen molar-refractivity contribution in [3.63, 3.8) is 0 Å². The van der Waals surface area contributed by atoms with Gasteiger partial charge in [-0.3, -0.25) is 24.1 Å². The number of ether oxygens (including phenoxy) is 1. The average Bonchev–Trinajstić information content (AvgIpc) is 3.22. The Morgan fingerprint density at radius 3 is 2.52 bits per heavy atom. The molecule has 3 rings (SSSR count). The first-order valence-corrected chi connectivity index (χ1v) is 9.48. The molecule has 0 aromatic heterocycles. The summed E-state index contributed by atoms with van der Waals surface area (Å²) >= 11 is 0. The number of para-hydroxylation sites is 1. The molecule has 154 valence electrons. The highest BCUT2D eigenvalue weighted by molar-refractivity contribution is 6.09. The van der Waals surface area contributed by atoms with Crippen molar-refractivity contribution in [3.8, 4) is 0 Å². The van der Waals surface area contributed by atoms with Gasteiger partial charge in [-0.05, 0) is 38.8 Å². The number of Topliss-reactive ketones (excluding diaryl/α,β-unsaturated/α-hetero) is 1. The lowest BCUT2D eigenvalue weighted by atomic mass is 9.98. The molecule has 0 radical (unpaired) electrons. The number of nitrogens with one attached hydrogen (secondary N) is 2. The second-order valence-electron chi connectivity index (χ2n) is 7.33. The number of imide groups is 1. The van der Waals surface area contributed by atoms with Gasteiger partial charge in [-0.25, -0.2) is 4.79 Å². The Bertz CT molecular complexity index is 875. The Hall–Kier alpha value is -3.23. The van der Waals surface area contributed by atoms with Crippen LogP contribution in [0.5, 0.6) is 0 Å². The first kappa shape index (κ1) is 20.5. The van der Waals surface area contributed by atoms with Gasteiger partial charge >= 0.3 is 12.0 Å². The molecule has 9 heteroatoms. The summed E-state index contributed by atoms with van der Waals surface area (Å²) in [5, 5.41) is 5.23. The molecule has 1 heterocycles. The molecule has 2 N–H and O–H groups in total. The van der Waals surface area contributed by atoms with Crippen LogP contribution < -0.4 is 10.6 Å². The van der Waals surface area contributed by atoms with Crippen LogP contribution in [-0.4, -0.2) is 52.7 Å². The highest BCUT2D eigenvalue weighted by Gasteiger charge is 2.52.